The van der Waals surface area contributed by atoms with Crippen LogP contribution in [0.2, 0.25) is 0 Å². The van der Waals surface area contributed by atoms with Crippen LogP contribution in [0.5, 0.6) is 5.75 Å². The Morgan fingerprint density at radius 1 is 1.07 bits per heavy atom. The molecule has 27 heavy (non-hydrogen) atoms. The lowest BCUT2D eigenvalue weighted by Crippen LogP contribution is -2.26. The monoisotopic (exact) mass is 368 g/mol. The fraction of sp³-hybridized carbons (Fsp3) is 0.333. The average Bonchev–Trinajstić information content (AvgIpc) is 2.71. The molecule has 0 aliphatic carbocycles. The van der Waals surface area contributed by atoms with Crippen molar-refractivity contribution in [3.05, 3.63) is 71.3 Å². The molecule has 6 heteroatoms. The second-order valence-electron chi connectivity index (χ2n) is 5.98. The summed E-state index contributed by atoms with van der Waals surface area (Å²) in [6.45, 7) is 1.32. The van der Waals surface area contributed by atoms with E-state index < -0.39 is 6.10 Å². The van der Waals surface area contributed by atoms with Gasteiger partial charge in [0.15, 0.2) is 0 Å². The third-order valence-electron chi connectivity index (χ3n) is 3.98. The van der Waals surface area contributed by atoms with Crippen LogP contribution in [-0.4, -0.2) is 36.6 Å². The molecule has 1 atom stereocenters. The van der Waals surface area contributed by atoms with Crippen LogP contribution in [-0.2, 0) is 27.5 Å². The van der Waals surface area contributed by atoms with Gasteiger partial charge in [0.05, 0.1) is 20.3 Å². The quantitative estimate of drug-likeness (QED) is 0.249. The molecule has 0 heterocycles. The second kappa shape index (κ2) is 11.8. The molecule has 0 aliphatic heterocycles. The molecular formula is C21H24N2O4. The minimum atomic E-state index is -0.661. The van der Waals surface area contributed by atoms with Crippen molar-refractivity contribution in [3.8, 4) is 5.75 Å². The van der Waals surface area contributed by atoms with E-state index in [4.69, 9.17) is 19.7 Å². The molecule has 0 amide bonds. The zero-order chi connectivity index (χ0) is 19.3. The van der Waals surface area contributed by atoms with Crippen molar-refractivity contribution >= 4 is 12.0 Å². The summed E-state index contributed by atoms with van der Waals surface area (Å²) in [5.74, 6) is 0.449. The van der Waals surface area contributed by atoms with Gasteiger partial charge in [-0.15, -0.1) is 0 Å². The number of rotatable bonds is 12. The van der Waals surface area contributed by atoms with Crippen LogP contribution < -0.4 is 4.74 Å². The largest absolute Gasteiger partial charge is 0.497 e. The highest BCUT2D eigenvalue weighted by Crippen LogP contribution is 2.13. The van der Waals surface area contributed by atoms with E-state index in [-0.39, 0.29) is 5.78 Å². The van der Waals surface area contributed by atoms with E-state index in [0.717, 1.165) is 23.1 Å². The number of benzene rings is 2. The van der Waals surface area contributed by atoms with Gasteiger partial charge in [0, 0.05) is 6.61 Å². The highest BCUT2D eigenvalue weighted by atomic mass is 16.5. The number of carbonyl (C=O) groups is 1. The highest BCUT2D eigenvalue weighted by molar-refractivity contribution is 6.27. The predicted molar refractivity (Wildman–Crippen MR) is 102 cm³/mol. The molecule has 0 saturated carbocycles. The summed E-state index contributed by atoms with van der Waals surface area (Å²) in [6, 6.07) is 17.3. The molecule has 0 aromatic heterocycles. The zero-order valence-electron chi connectivity index (χ0n) is 15.4. The molecule has 0 N–H and O–H groups in total. The Labute approximate surface area is 159 Å². The fourth-order valence-corrected chi connectivity index (χ4v) is 2.50. The van der Waals surface area contributed by atoms with E-state index in [1.165, 1.54) is 0 Å². The second-order valence-corrected chi connectivity index (χ2v) is 5.98. The van der Waals surface area contributed by atoms with Crippen molar-refractivity contribution in [1.82, 2.24) is 0 Å². The maximum Gasteiger partial charge on any atom is 0.325 e. The van der Waals surface area contributed by atoms with Crippen molar-refractivity contribution < 1.29 is 23.8 Å². The number of Topliss-reactive ketones (excluding diaryl/α,β-unsaturated/α-hetero) is 1. The SMILES string of the molecule is COc1ccc(COCCC[C@@H](OCc2ccccc2)C(=O)C=[N+]=[N-])cc1. The van der Waals surface area contributed by atoms with E-state index >= 15 is 0 Å². The third-order valence-corrected chi connectivity index (χ3v) is 3.98. The molecule has 0 bridgehead atoms. The van der Waals surface area contributed by atoms with Gasteiger partial charge in [-0.05, 0) is 36.1 Å². The fourth-order valence-electron chi connectivity index (χ4n) is 2.50. The molecule has 2 rings (SSSR count). The maximum atomic E-state index is 12.0. The lowest BCUT2D eigenvalue weighted by atomic mass is 10.1. The average molecular weight is 368 g/mol. The van der Waals surface area contributed by atoms with Gasteiger partial charge in [0.2, 0.25) is 0 Å². The van der Waals surface area contributed by atoms with Gasteiger partial charge in [0.1, 0.15) is 11.9 Å². The summed E-state index contributed by atoms with van der Waals surface area (Å²) in [4.78, 5) is 14.8. The summed E-state index contributed by atoms with van der Waals surface area (Å²) < 4.78 is 16.5. The number of ketones is 1. The number of carbonyl (C=O) groups excluding carboxylic acids is 1. The van der Waals surface area contributed by atoms with Gasteiger partial charge in [-0.3, -0.25) is 4.79 Å². The van der Waals surface area contributed by atoms with Crippen LogP contribution in [0.15, 0.2) is 54.6 Å². The first-order valence-corrected chi connectivity index (χ1v) is 8.80. The number of ether oxygens (including phenoxy) is 3. The van der Waals surface area contributed by atoms with E-state index in [9.17, 15) is 4.79 Å². The van der Waals surface area contributed by atoms with Crippen LogP contribution in [0.25, 0.3) is 5.53 Å². The van der Waals surface area contributed by atoms with Crippen LogP contribution in [0.4, 0.5) is 0 Å². The van der Waals surface area contributed by atoms with Crippen molar-refractivity contribution in [2.24, 2.45) is 0 Å². The summed E-state index contributed by atoms with van der Waals surface area (Å²) in [6.07, 6.45) is 1.36. The van der Waals surface area contributed by atoms with Gasteiger partial charge in [-0.25, -0.2) is 0 Å². The van der Waals surface area contributed by atoms with Gasteiger partial charge in [-0.2, -0.15) is 4.79 Å². The van der Waals surface area contributed by atoms with Crippen LogP contribution in [0, 0.1) is 0 Å². The summed E-state index contributed by atoms with van der Waals surface area (Å²) in [5.41, 5.74) is 10.6. The van der Waals surface area contributed by atoms with Crippen molar-refractivity contribution in [2.75, 3.05) is 13.7 Å². The van der Waals surface area contributed by atoms with Gasteiger partial charge < -0.3 is 19.7 Å². The molecule has 0 radical (unpaired) electrons. The van der Waals surface area contributed by atoms with Crippen LogP contribution in [0.1, 0.15) is 24.0 Å². The first-order valence-electron chi connectivity index (χ1n) is 8.80. The Morgan fingerprint density at radius 3 is 2.44 bits per heavy atom. The number of nitrogens with zero attached hydrogens (tertiary/aromatic N) is 2. The smallest absolute Gasteiger partial charge is 0.325 e. The predicted octanol–water partition coefficient (Wildman–Crippen LogP) is 3.45. The first kappa shape index (κ1) is 20.5. The van der Waals surface area contributed by atoms with Crippen LogP contribution in [0.3, 0.4) is 0 Å². The Kier molecular flexibility index (Phi) is 8.93. The molecule has 0 fully saturated rings. The van der Waals surface area contributed by atoms with E-state index in [0.29, 0.717) is 32.7 Å². The molecule has 0 aliphatic rings. The minimum absolute atomic E-state index is 0.323. The van der Waals surface area contributed by atoms with Gasteiger partial charge >= 0.3 is 6.21 Å². The zero-order valence-corrected chi connectivity index (χ0v) is 15.4. The lowest BCUT2D eigenvalue weighted by molar-refractivity contribution is -0.128. The third kappa shape index (κ3) is 7.54. The minimum Gasteiger partial charge on any atom is -0.497 e. The molecule has 0 saturated heterocycles. The molecule has 142 valence electrons. The van der Waals surface area contributed by atoms with Crippen LogP contribution >= 0.6 is 0 Å². The molecule has 0 spiro atoms. The van der Waals surface area contributed by atoms with Crippen molar-refractivity contribution in [2.45, 2.75) is 32.2 Å². The Hall–Kier alpha value is -2.79. The number of methoxy groups -OCH3 is 1. The Balaban J connectivity index is 1.75. The molecule has 2 aromatic carbocycles. The van der Waals surface area contributed by atoms with Crippen molar-refractivity contribution in [3.63, 3.8) is 0 Å². The van der Waals surface area contributed by atoms with E-state index in [1.54, 1.807) is 7.11 Å². The van der Waals surface area contributed by atoms with E-state index in [2.05, 4.69) is 4.79 Å². The molecule has 0 unspecified atom stereocenters. The Morgan fingerprint density at radius 2 is 1.78 bits per heavy atom. The van der Waals surface area contributed by atoms with Gasteiger partial charge in [0.25, 0.3) is 5.78 Å². The van der Waals surface area contributed by atoms with E-state index in [1.807, 2.05) is 54.6 Å². The van der Waals surface area contributed by atoms with Crippen molar-refractivity contribution in [1.29, 1.82) is 0 Å². The standard InChI is InChI=1S/C21H24N2O4/c1-25-19-11-9-18(10-12-19)15-26-13-5-8-21(20(24)14-23-22)27-16-17-6-3-2-4-7-17/h2-4,6-7,9-12,14,21H,5,8,13,15-16H2,1H3/t21-/m1/s1. The highest BCUT2D eigenvalue weighted by Gasteiger charge is 2.20. The first-order chi connectivity index (χ1) is 13.2. The topological polar surface area (TPSA) is 81.2 Å². The van der Waals surface area contributed by atoms with Gasteiger partial charge in [-0.1, -0.05) is 42.5 Å². The number of hydrogen-bond acceptors (Lipinski definition) is 4. The summed E-state index contributed by atoms with van der Waals surface area (Å²) in [7, 11) is 1.63. The molecule has 2 aromatic rings. The molecular weight excluding hydrogens is 344 g/mol. The summed E-state index contributed by atoms with van der Waals surface area (Å²) >= 11 is 0. The Bertz CT molecular complexity index is 741. The lowest BCUT2D eigenvalue weighted by Gasteiger charge is -2.14. The maximum absolute atomic E-state index is 12.0. The normalized spacial score (nSPS) is 11.4. The summed E-state index contributed by atoms with van der Waals surface area (Å²) in [5, 5.41) is 0. The number of hydrogen-bond donors (Lipinski definition) is 0. The molecule has 6 nitrogen and oxygen atoms in total.